The molecular weight excluding hydrogens is 342 g/mol. The van der Waals surface area contributed by atoms with Crippen molar-refractivity contribution >= 4 is 17.5 Å². The van der Waals surface area contributed by atoms with Gasteiger partial charge in [-0.1, -0.05) is 30.8 Å². The molecule has 2 amide bonds. The lowest BCUT2D eigenvalue weighted by atomic mass is 10.1. The highest BCUT2D eigenvalue weighted by Gasteiger charge is 2.16. The van der Waals surface area contributed by atoms with Gasteiger partial charge < -0.3 is 15.0 Å². The van der Waals surface area contributed by atoms with Crippen LogP contribution in [-0.2, 0) is 16.1 Å². The molecule has 6 heteroatoms. The second-order valence-corrected chi connectivity index (χ2v) is 5.83. The third-order valence-electron chi connectivity index (χ3n) is 3.87. The van der Waals surface area contributed by atoms with Crippen molar-refractivity contribution < 1.29 is 14.3 Å². The SMILES string of the molecule is C=CC(=O)Nc1ccccc1C(=O)N(C)CCOCc1ccc(C#N)cc1. The van der Waals surface area contributed by atoms with Gasteiger partial charge in [0.2, 0.25) is 5.91 Å². The van der Waals surface area contributed by atoms with Crippen molar-refractivity contribution in [2.75, 3.05) is 25.5 Å². The zero-order chi connectivity index (χ0) is 19.6. The van der Waals surface area contributed by atoms with E-state index in [0.717, 1.165) is 11.6 Å². The number of anilines is 1. The predicted molar refractivity (Wildman–Crippen MR) is 103 cm³/mol. The monoisotopic (exact) mass is 363 g/mol. The van der Waals surface area contributed by atoms with Crippen LogP contribution >= 0.6 is 0 Å². The Hall–Kier alpha value is -3.43. The van der Waals surface area contributed by atoms with E-state index < -0.39 is 0 Å². The number of likely N-dealkylation sites (N-methyl/N-ethyl adjacent to an activating group) is 1. The van der Waals surface area contributed by atoms with E-state index in [4.69, 9.17) is 10.00 Å². The first-order chi connectivity index (χ1) is 13.0. The summed E-state index contributed by atoms with van der Waals surface area (Å²) in [6.07, 6.45) is 1.15. The molecule has 6 nitrogen and oxygen atoms in total. The van der Waals surface area contributed by atoms with Crippen molar-refractivity contribution in [1.82, 2.24) is 4.90 Å². The molecule has 0 saturated heterocycles. The largest absolute Gasteiger partial charge is 0.375 e. The molecule has 0 aliphatic heterocycles. The summed E-state index contributed by atoms with van der Waals surface area (Å²) in [6.45, 7) is 4.58. The maximum atomic E-state index is 12.6. The standard InChI is InChI=1S/C21H21N3O3/c1-3-20(25)23-19-7-5-4-6-18(19)21(26)24(2)12-13-27-15-17-10-8-16(14-22)9-11-17/h3-11H,1,12-13,15H2,2H3,(H,23,25). The Bertz CT molecular complexity index is 854. The van der Waals surface area contributed by atoms with Crippen LogP contribution in [0.1, 0.15) is 21.5 Å². The van der Waals surface area contributed by atoms with Crippen molar-refractivity contribution in [2.45, 2.75) is 6.61 Å². The molecule has 27 heavy (non-hydrogen) atoms. The zero-order valence-electron chi connectivity index (χ0n) is 15.1. The fourth-order valence-electron chi connectivity index (χ4n) is 2.34. The number of nitriles is 1. The molecule has 0 saturated carbocycles. The van der Waals surface area contributed by atoms with Gasteiger partial charge in [-0.15, -0.1) is 0 Å². The average molecular weight is 363 g/mol. The van der Waals surface area contributed by atoms with Crippen molar-refractivity contribution in [1.29, 1.82) is 5.26 Å². The van der Waals surface area contributed by atoms with Gasteiger partial charge >= 0.3 is 0 Å². The van der Waals surface area contributed by atoms with Crippen LogP contribution in [0.4, 0.5) is 5.69 Å². The maximum absolute atomic E-state index is 12.6. The Balaban J connectivity index is 1.87. The van der Waals surface area contributed by atoms with Crippen molar-refractivity contribution in [2.24, 2.45) is 0 Å². The summed E-state index contributed by atoms with van der Waals surface area (Å²) >= 11 is 0. The van der Waals surface area contributed by atoms with Gasteiger partial charge in [0.1, 0.15) is 0 Å². The zero-order valence-corrected chi connectivity index (χ0v) is 15.1. The van der Waals surface area contributed by atoms with Crippen LogP contribution in [0.3, 0.4) is 0 Å². The quantitative estimate of drug-likeness (QED) is 0.577. The highest BCUT2D eigenvalue weighted by molar-refractivity contribution is 6.06. The normalized spacial score (nSPS) is 9.93. The van der Waals surface area contributed by atoms with Gasteiger partial charge in [-0.05, 0) is 35.9 Å². The molecule has 0 aliphatic carbocycles. The summed E-state index contributed by atoms with van der Waals surface area (Å²) in [4.78, 5) is 25.7. The van der Waals surface area contributed by atoms with Gasteiger partial charge in [-0.25, -0.2) is 0 Å². The average Bonchev–Trinajstić information content (AvgIpc) is 2.71. The predicted octanol–water partition coefficient (Wildman–Crippen LogP) is 2.97. The second-order valence-electron chi connectivity index (χ2n) is 5.83. The summed E-state index contributed by atoms with van der Waals surface area (Å²) < 4.78 is 5.60. The van der Waals surface area contributed by atoms with Crippen molar-refractivity contribution in [3.63, 3.8) is 0 Å². The number of carbonyl (C=O) groups excluding carboxylic acids is 2. The summed E-state index contributed by atoms with van der Waals surface area (Å²) in [5.74, 6) is -0.583. The molecule has 0 atom stereocenters. The third kappa shape index (κ3) is 5.80. The molecule has 0 spiro atoms. The first kappa shape index (κ1) is 19.9. The number of carbonyl (C=O) groups is 2. The Labute approximate surface area is 158 Å². The Kier molecular flexibility index (Phi) is 7.29. The molecule has 0 radical (unpaired) electrons. The van der Waals surface area contributed by atoms with E-state index in [1.807, 2.05) is 12.1 Å². The van der Waals surface area contributed by atoms with Crippen LogP contribution in [0.2, 0.25) is 0 Å². The van der Waals surface area contributed by atoms with E-state index >= 15 is 0 Å². The first-order valence-electron chi connectivity index (χ1n) is 8.40. The molecule has 0 fully saturated rings. The molecule has 2 aromatic carbocycles. The highest BCUT2D eigenvalue weighted by atomic mass is 16.5. The Morgan fingerprint density at radius 1 is 1.22 bits per heavy atom. The number of rotatable bonds is 8. The molecule has 2 rings (SSSR count). The smallest absolute Gasteiger partial charge is 0.255 e. The number of nitrogens with zero attached hydrogens (tertiary/aromatic N) is 2. The van der Waals surface area contributed by atoms with Crippen LogP contribution in [0, 0.1) is 11.3 Å². The number of benzene rings is 2. The lowest BCUT2D eigenvalue weighted by Crippen LogP contribution is -2.31. The second kappa shape index (κ2) is 9.90. The lowest BCUT2D eigenvalue weighted by Gasteiger charge is -2.19. The van der Waals surface area contributed by atoms with Gasteiger partial charge in [0.15, 0.2) is 0 Å². The van der Waals surface area contributed by atoms with Crippen molar-refractivity contribution in [3.8, 4) is 6.07 Å². The van der Waals surface area contributed by atoms with E-state index in [1.54, 1.807) is 43.4 Å². The van der Waals surface area contributed by atoms with Gasteiger partial charge in [-0.2, -0.15) is 5.26 Å². The van der Waals surface area contributed by atoms with Gasteiger partial charge in [0.05, 0.1) is 36.1 Å². The molecule has 2 aromatic rings. The molecule has 1 N–H and O–H groups in total. The minimum absolute atomic E-state index is 0.211. The molecule has 0 aliphatic rings. The summed E-state index contributed by atoms with van der Waals surface area (Å²) in [6, 6.07) is 16.0. The molecular formula is C21H21N3O3. The Morgan fingerprint density at radius 3 is 2.59 bits per heavy atom. The van der Waals surface area contributed by atoms with Gasteiger partial charge in [0.25, 0.3) is 5.91 Å². The topological polar surface area (TPSA) is 82.4 Å². The number of amides is 2. The number of hydrogen-bond acceptors (Lipinski definition) is 4. The first-order valence-corrected chi connectivity index (χ1v) is 8.40. The molecule has 0 bridgehead atoms. The lowest BCUT2D eigenvalue weighted by molar-refractivity contribution is -0.111. The molecule has 0 heterocycles. The van der Waals surface area contributed by atoms with E-state index in [-0.39, 0.29) is 11.8 Å². The number of nitrogens with one attached hydrogen (secondary N) is 1. The number of hydrogen-bond donors (Lipinski definition) is 1. The third-order valence-corrected chi connectivity index (χ3v) is 3.87. The van der Waals surface area contributed by atoms with Crippen molar-refractivity contribution in [3.05, 3.63) is 77.9 Å². The fourth-order valence-corrected chi connectivity index (χ4v) is 2.34. The minimum atomic E-state index is -0.372. The van der Waals surface area contributed by atoms with E-state index in [0.29, 0.717) is 36.6 Å². The van der Waals surface area contributed by atoms with Crippen LogP contribution in [0.15, 0.2) is 61.2 Å². The molecule has 0 aromatic heterocycles. The summed E-state index contributed by atoms with van der Waals surface area (Å²) in [5, 5.41) is 11.4. The van der Waals surface area contributed by atoms with Gasteiger partial charge in [-0.3, -0.25) is 9.59 Å². The number of ether oxygens (including phenoxy) is 1. The van der Waals surface area contributed by atoms with Crippen LogP contribution in [0.5, 0.6) is 0 Å². The number of para-hydroxylation sites is 1. The summed E-state index contributed by atoms with van der Waals surface area (Å²) in [7, 11) is 1.68. The van der Waals surface area contributed by atoms with E-state index in [1.165, 1.54) is 4.90 Å². The Morgan fingerprint density at radius 2 is 1.93 bits per heavy atom. The summed E-state index contributed by atoms with van der Waals surface area (Å²) in [5.41, 5.74) is 2.41. The maximum Gasteiger partial charge on any atom is 0.255 e. The van der Waals surface area contributed by atoms with Gasteiger partial charge in [0, 0.05) is 13.6 Å². The van der Waals surface area contributed by atoms with E-state index in [2.05, 4.69) is 18.0 Å². The highest BCUT2D eigenvalue weighted by Crippen LogP contribution is 2.17. The fraction of sp³-hybridized carbons (Fsp3) is 0.190. The minimum Gasteiger partial charge on any atom is -0.375 e. The van der Waals surface area contributed by atoms with E-state index in [9.17, 15) is 9.59 Å². The van der Waals surface area contributed by atoms with Crippen LogP contribution in [-0.4, -0.2) is 36.9 Å². The molecule has 0 unspecified atom stereocenters. The van der Waals surface area contributed by atoms with Crippen LogP contribution < -0.4 is 5.32 Å². The van der Waals surface area contributed by atoms with Crippen LogP contribution in [0.25, 0.3) is 0 Å². The molecule has 138 valence electrons.